The summed E-state index contributed by atoms with van der Waals surface area (Å²) in [6.07, 6.45) is 0. The normalized spacial score (nSPS) is 17.9. The molecule has 1 aliphatic rings. The summed E-state index contributed by atoms with van der Waals surface area (Å²) in [7, 11) is 0. The van der Waals surface area contributed by atoms with Gasteiger partial charge in [0.25, 0.3) is 0 Å². The fraction of sp³-hybridized carbons (Fsp3) is 0.500. The van der Waals surface area contributed by atoms with Crippen molar-refractivity contribution >= 4 is 40.3 Å². The Kier molecular flexibility index (Phi) is 6.46. The molecule has 0 saturated carbocycles. The lowest BCUT2D eigenvalue weighted by atomic mass is 10.2. The van der Waals surface area contributed by atoms with Gasteiger partial charge < -0.3 is 4.74 Å². The van der Waals surface area contributed by atoms with Gasteiger partial charge in [-0.1, -0.05) is 52.9 Å². The second-order valence-corrected chi connectivity index (χ2v) is 6.87. The number of halogens is 1. The fourth-order valence-corrected chi connectivity index (χ4v) is 3.51. The Morgan fingerprint density at radius 1 is 1.32 bits per heavy atom. The lowest BCUT2D eigenvalue weighted by Crippen LogP contribution is -2.35. The van der Waals surface area contributed by atoms with E-state index in [-0.39, 0.29) is 9.89 Å². The van der Waals surface area contributed by atoms with Crippen molar-refractivity contribution in [3.8, 4) is 0 Å². The van der Waals surface area contributed by atoms with E-state index in [1.807, 2.05) is 42.1 Å². The Bertz CT molecular complexity index is 396. The van der Waals surface area contributed by atoms with Gasteiger partial charge in [-0.2, -0.15) is 11.8 Å². The van der Waals surface area contributed by atoms with Crippen LogP contribution in [0.15, 0.2) is 30.3 Å². The van der Waals surface area contributed by atoms with E-state index in [0.29, 0.717) is 6.61 Å². The summed E-state index contributed by atoms with van der Waals surface area (Å²) in [5.41, 5.74) is 1.00. The molecular formula is C14H18INO2S. The summed E-state index contributed by atoms with van der Waals surface area (Å²) in [5.74, 6) is 2.23. The van der Waals surface area contributed by atoms with Crippen LogP contribution in [0, 0.1) is 0 Å². The third-order valence-corrected chi connectivity index (χ3v) is 5.22. The monoisotopic (exact) mass is 391 g/mol. The zero-order valence-electron chi connectivity index (χ0n) is 10.8. The standard InChI is InChI=1S/C14H18INO2S/c15-13(12-4-2-1-3-5-12)14(17)18-9-6-16-7-10-19-11-8-16/h1-5,13H,6-11H2. The predicted octanol–water partition coefficient (Wildman–Crippen LogP) is 2.75. The number of alkyl halides is 1. The summed E-state index contributed by atoms with van der Waals surface area (Å²) in [6.45, 7) is 3.56. The summed E-state index contributed by atoms with van der Waals surface area (Å²) < 4.78 is 5.15. The zero-order valence-corrected chi connectivity index (χ0v) is 13.7. The molecule has 5 heteroatoms. The highest BCUT2D eigenvalue weighted by molar-refractivity contribution is 14.1. The molecule has 2 rings (SSSR count). The summed E-state index contributed by atoms with van der Waals surface area (Å²) >= 11 is 4.13. The maximum atomic E-state index is 11.9. The Labute approximate surface area is 132 Å². The highest BCUT2D eigenvalue weighted by Gasteiger charge is 2.18. The van der Waals surface area contributed by atoms with E-state index in [1.165, 1.54) is 11.5 Å². The van der Waals surface area contributed by atoms with Gasteiger partial charge in [0.15, 0.2) is 0 Å². The van der Waals surface area contributed by atoms with Crippen molar-refractivity contribution in [2.75, 3.05) is 37.7 Å². The number of ether oxygens (including phenoxy) is 1. The number of carbonyl (C=O) groups is 1. The van der Waals surface area contributed by atoms with Gasteiger partial charge in [-0.25, -0.2) is 0 Å². The first-order chi connectivity index (χ1) is 9.27. The molecule has 1 unspecified atom stereocenters. The first kappa shape index (κ1) is 15.1. The van der Waals surface area contributed by atoms with Crippen molar-refractivity contribution in [2.24, 2.45) is 0 Å². The van der Waals surface area contributed by atoms with E-state index >= 15 is 0 Å². The van der Waals surface area contributed by atoms with E-state index in [9.17, 15) is 4.79 Å². The van der Waals surface area contributed by atoms with E-state index in [2.05, 4.69) is 27.5 Å². The van der Waals surface area contributed by atoms with E-state index in [4.69, 9.17) is 4.74 Å². The molecule has 1 fully saturated rings. The van der Waals surface area contributed by atoms with Crippen LogP contribution in [0.25, 0.3) is 0 Å². The van der Waals surface area contributed by atoms with Crippen LogP contribution in [-0.2, 0) is 9.53 Å². The van der Waals surface area contributed by atoms with Gasteiger partial charge in [-0.15, -0.1) is 0 Å². The number of carbonyl (C=O) groups excluding carboxylic acids is 1. The van der Waals surface area contributed by atoms with Gasteiger partial charge in [-0.05, 0) is 5.56 Å². The van der Waals surface area contributed by atoms with Crippen molar-refractivity contribution in [1.82, 2.24) is 4.90 Å². The van der Waals surface area contributed by atoms with Gasteiger partial charge >= 0.3 is 5.97 Å². The van der Waals surface area contributed by atoms with Crippen LogP contribution >= 0.6 is 34.4 Å². The average Bonchev–Trinajstić information content (AvgIpc) is 2.48. The molecule has 0 aliphatic carbocycles. The van der Waals surface area contributed by atoms with E-state index < -0.39 is 0 Å². The van der Waals surface area contributed by atoms with Crippen LogP contribution in [0.2, 0.25) is 0 Å². The molecule has 1 aromatic rings. The molecule has 1 saturated heterocycles. The van der Waals surface area contributed by atoms with E-state index in [0.717, 1.165) is 25.2 Å². The van der Waals surface area contributed by atoms with E-state index in [1.54, 1.807) is 0 Å². The first-order valence-corrected chi connectivity index (χ1v) is 8.83. The van der Waals surface area contributed by atoms with Crippen molar-refractivity contribution in [1.29, 1.82) is 0 Å². The molecule has 0 spiro atoms. The molecule has 0 bridgehead atoms. The minimum atomic E-state index is -0.212. The third-order valence-electron chi connectivity index (χ3n) is 3.05. The predicted molar refractivity (Wildman–Crippen MR) is 87.9 cm³/mol. The summed E-state index contributed by atoms with van der Waals surface area (Å²) in [5, 5.41) is 0. The van der Waals surface area contributed by atoms with Crippen molar-refractivity contribution < 1.29 is 9.53 Å². The summed E-state index contributed by atoms with van der Waals surface area (Å²) in [6, 6.07) is 9.76. The quantitative estimate of drug-likeness (QED) is 0.439. The van der Waals surface area contributed by atoms with Gasteiger partial charge in [0, 0.05) is 31.1 Å². The maximum Gasteiger partial charge on any atom is 0.323 e. The van der Waals surface area contributed by atoms with Gasteiger partial charge in [0.2, 0.25) is 0 Å². The number of hydrogen-bond acceptors (Lipinski definition) is 4. The van der Waals surface area contributed by atoms with Crippen LogP contribution in [0.3, 0.4) is 0 Å². The Balaban J connectivity index is 1.72. The first-order valence-electron chi connectivity index (χ1n) is 6.43. The van der Waals surface area contributed by atoms with Crippen LogP contribution in [-0.4, -0.2) is 48.6 Å². The number of thioether (sulfide) groups is 1. The Morgan fingerprint density at radius 3 is 2.68 bits per heavy atom. The van der Waals surface area contributed by atoms with Crippen LogP contribution in [0.4, 0.5) is 0 Å². The second kappa shape index (κ2) is 8.11. The lowest BCUT2D eigenvalue weighted by molar-refractivity contribution is -0.143. The molecule has 1 atom stereocenters. The average molecular weight is 391 g/mol. The zero-order chi connectivity index (χ0) is 13.5. The molecule has 1 heterocycles. The third kappa shape index (κ3) is 4.96. The van der Waals surface area contributed by atoms with Crippen LogP contribution in [0.1, 0.15) is 9.49 Å². The Hall–Kier alpha value is -0.270. The largest absolute Gasteiger partial charge is 0.463 e. The molecular weight excluding hydrogens is 373 g/mol. The number of hydrogen-bond donors (Lipinski definition) is 0. The number of rotatable bonds is 5. The summed E-state index contributed by atoms with van der Waals surface area (Å²) in [4.78, 5) is 14.3. The number of benzene rings is 1. The van der Waals surface area contributed by atoms with Gasteiger partial charge in [0.05, 0.1) is 0 Å². The van der Waals surface area contributed by atoms with Crippen molar-refractivity contribution in [2.45, 2.75) is 3.92 Å². The molecule has 0 N–H and O–H groups in total. The lowest BCUT2D eigenvalue weighted by Gasteiger charge is -2.25. The SMILES string of the molecule is O=C(OCCN1CCSCC1)C(I)c1ccccc1. The molecule has 104 valence electrons. The van der Waals surface area contributed by atoms with Crippen LogP contribution in [0.5, 0.6) is 0 Å². The molecule has 1 aromatic carbocycles. The minimum absolute atomic E-state index is 0.141. The number of esters is 1. The molecule has 1 aliphatic heterocycles. The minimum Gasteiger partial charge on any atom is -0.463 e. The molecule has 0 aromatic heterocycles. The molecule has 19 heavy (non-hydrogen) atoms. The highest BCUT2D eigenvalue weighted by Crippen LogP contribution is 2.24. The van der Waals surface area contributed by atoms with Crippen LogP contribution < -0.4 is 0 Å². The topological polar surface area (TPSA) is 29.5 Å². The fourth-order valence-electron chi connectivity index (χ4n) is 1.93. The molecule has 0 amide bonds. The smallest absolute Gasteiger partial charge is 0.323 e. The van der Waals surface area contributed by atoms with Crippen molar-refractivity contribution in [3.63, 3.8) is 0 Å². The molecule has 0 radical (unpaired) electrons. The second-order valence-electron chi connectivity index (χ2n) is 4.39. The van der Waals surface area contributed by atoms with Gasteiger partial charge in [0.1, 0.15) is 10.5 Å². The number of nitrogens with zero attached hydrogens (tertiary/aromatic N) is 1. The van der Waals surface area contributed by atoms with Crippen molar-refractivity contribution in [3.05, 3.63) is 35.9 Å². The van der Waals surface area contributed by atoms with Gasteiger partial charge in [-0.3, -0.25) is 9.69 Å². The highest BCUT2D eigenvalue weighted by atomic mass is 127. The molecule has 3 nitrogen and oxygen atoms in total. The maximum absolute atomic E-state index is 11.9. The Morgan fingerprint density at radius 2 is 2.00 bits per heavy atom.